The molecule has 8 nitrogen and oxygen atoms in total. The van der Waals surface area contributed by atoms with E-state index >= 15 is 0 Å². The van der Waals surface area contributed by atoms with E-state index in [0.29, 0.717) is 0 Å². The van der Waals surface area contributed by atoms with Gasteiger partial charge in [0, 0.05) is 12.1 Å². The van der Waals surface area contributed by atoms with Crippen LogP contribution in [0.15, 0.2) is 12.1 Å². The minimum atomic E-state index is -1.70. The molecule has 0 unspecified atom stereocenters. The average Bonchev–Trinajstić information content (AvgIpc) is 2.15. The second-order valence-electron chi connectivity index (χ2n) is 3.00. The summed E-state index contributed by atoms with van der Waals surface area (Å²) in [6, 6.07) is 1.97. The van der Waals surface area contributed by atoms with Crippen molar-refractivity contribution in [3.05, 3.63) is 43.5 Å². The van der Waals surface area contributed by atoms with E-state index in [2.05, 4.69) is 0 Å². The molecule has 0 radical (unpaired) electrons. The fourth-order valence-electron chi connectivity index (χ4n) is 1.26. The molecule has 0 amide bonds. The summed E-state index contributed by atoms with van der Waals surface area (Å²) in [5, 5.41) is 29.9. The van der Waals surface area contributed by atoms with Crippen LogP contribution in [0.5, 0.6) is 0 Å². The highest BCUT2D eigenvalue weighted by molar-refractivity contribution is 5.97. The van der Waals surface area contributed by atoms with Crippen LogP contribution in [0, 0.1) is 27.2 Å². The van der Waals surface area contributed by atoms with E-state index < -0.39 is 32.8 Å². The fraction of sp³-hybridized carbons (Fsp3) is 0.125. The minimum Gasteiger partial charge on any atom is -0.477 e. The first-order chi connectivity index (χ1) is 7.34. The minimum absolute atomic E-state index is 0.253. The molecule has 0 atom stereocenters. The van der Waals surface area contributed by atoms with Crippen LogP contribution in [-0.2, 0) is 0 Å². The molecule has 16 heavy (non-hydrogen) atoms. The lowest BCUT2D eigenvalue weighted by Gasteiger charge is -2.01. The molecule has 0 aliphatic heterocycles. The van der Waals surface area contributed by atoms with E-state index in [-0.39, 0.29) is 5.56 Å². The number of aromatic carboxylic acids is 1. The van der Waals surface area contributed by atoms with Crippen LogP contribution in [0.2, 0.25) is 0 Å². The number of nitrogens with zero attached hydrogens (tertiary/aromatic N) is 2. The highest BCUT2D eigenvalue weighted by atomic mass is 16.6. The van der Waals surface area contributed by atoms with Gasteiger partial charge in [0.05, 0.1) is 9.85 Å². The standard InChI is InChI=1S/C8H6N2O6/c1-4-2-5(9(13)14)7(8(11)12)6(3-4)10(15)16/h2-3H,1H3,(H,11,12). The van der Waals surface area contributed by atoms with Gasteiger partial charge < -0.3 is 5.11 Å². The molecule has 0 fully saturated rings. The number of hydrogen-bond acceptors (Lipinski definition) is 5. The van der Waals surface area contributed by atoms with Gasteiger partial charge in [-0.2, -0.15) is 0 Å². The first-order valence-electron chi connectivity index (χ1n) is 4.01. The smallest absolute Gasteiger partial charge is 0.349 e. The molecule has 0 aliphatic rings. The number of hydrogen-bond donors (Lipinski definition) is 1. The number of nitro benzene ring substituents is 2. The summed E-state index contributed by atoms with van der Waals surface area (Å²) in [5.41, 5.74) is -2.21. The molecule has 0 saturated carbocycles. The third-order valence-electron chi connectivity index (χ3n) is 1.85. The molecule has 0 spiro atoms. The maximum Gasteiger partial charge on any atom is 0.349 e. The number of carbonyl (C=O) groups is 1. The van der Waals surface area contributed by atoms with Gasteiger partial charge in [-0.3, -0.25) is 20.2 Å². The number of rotatable bonds is 3. The maximum absolute atomic E-state index is 10.8. The van der Waals surface area contributed by atoms with Crippen LogP contribution in [0.1, 0.15) is 15.9 Å². The summed E-state index contributed by atoms with van der Waals surface area (Å²) in [6.07, 6.45) is 0. The van der Waals surface area contributed by atoms with Gasteiger partial charge in [0.25, 0.3) is 11.4 Å². The van der Waals surface area contributed by atoms with Crippen molar-refractivity contribution in [2.75, 3.05) is 0 Å². The van der Waals surface area contributed by atoms with Crippen molar-refractivity contribution in [2.24, 2.45) is 0 Å². The Morgan fingerprint density at radius 1 is 1.19 bits per heavy atom. The summed E-state index contributed by atoms with van der Waals surface area (Å²) in [5.74, 6) is -1.70. The zero-order valence-electron chi connectivity index (χ0n) is 8.04. The topological polar surface area (TPSA) is 124 Å². The van der Waals surface area contributed by atoms with Gasteiger partial charge in [-0.1, -0.05) is 0 Å². The predicted molar refractivity (Wildman–Crippen MR) is 51.4 cm³/mol. The van der Waals surface area contributed by atoms with Crippen molar-refractivity contribution in [3.8, 4) is 0 Å². The summed E-state index contributed by atoms with van der Waals surface area (Å²) >= 11 is 0. The van der Waals surface area contributed by atoms with Gasteiger partial charge >= 0.3 is 5.97 Å². The van der Waals surface area contributed by atoms with Gasteiger partial charge in [-0.05, 0) is 12.5 Å². The molecule has 1 aromatic carbocycles. The largest absolute Gasteiger partial charge is 0.477 e. The van der Waals surface area contributed by atoms with Gasteiger partial charge in [-0.25, -0.2) is 4.79 Å². The SMILES string of the molecule is Cc1cc([N+](=O)[O-])c(C(=O)O)c([N+](=O)[O-])c1. The number of aryl methyl sites for hydroxylation is 1. The Labute approximate surface area is 88.4 Å². The quantitative estimate of drug-likeness (QED) is 0.615. The Morgan fingerprint density at radius 3 is 1.81 bits per heavy atom. The zero-order valence-corrected chi connectivity index (χ0v) is 8.04. The fourth-order valence-corrected chi connectivity index (χ4v) is 1.26. The Bertz CT molecular complexity index is 460. The molecule has 0 aromatic heterocycles. The average molecular weight is 226 g/mol. The van der Waals surface area contributed by atoms with E-state index in [1.165, 1.54) is 6.92 Å². The molecule has 84 valence electrons. The van der Waals surface area contributed by atoms with Crippen molar-refractivity contribution in [1.29, 1.82) is 0 Å². The number of nitro groups is 2. The van der Waals surface area contributed by atoms with Crippen LogP contribution >= 0.6 is 0 Å². The first kappa shape index (κ1) is 11.6. The normalized spacial score (nSPS) is 9.81. The summed E-state index contributed by atoms with van der Waals surface area (Å²) < 4.78 is 0. The molecule has 0 aliphatic carbocycles. The third kappa shape index (κ3) is 1.95. The lowest BCUT2D eigenvalue weighted by molar-refractivity contribution is -0.394. The molecular weight excluding hydrogens is 220 g/mol. The monoisotopic (exact) mass is 226 g/mol. The summed E-state index contributed by atoms with van der Waals surface area (Å²) in [4.78, 5) is 30.0. The van der Waals surface area contributed by atoms with Crippen molar-refractivity contribution in [3.63, 3.8) is 0 Å². The molecule has 1 N–H and O–H groups in total. The van der Waals surface area contributed by atoms with Crippen LogP contribution in [0.25, 0.3) is 0 Å². The second-order valence-corrected chi connectivity index (χ2v) is 3.00. The van der Waals surface area contributed by atoms with Crippen LogP contribution in [-0.4, -0.2) is 20.9 Å². The van der Waals surface area contributed by atoms with Crippen molar-refractivity contribution in [1.82, 2.24) is 0 Å². The number of carboxylic acids is 1. The summed E-state index contributed by atoms with van der Waals surface area (Å²) in [7, 11) is 0. The Morgan fingerprint density at radius 2 is 1.56 bits per heavy atom. The molecule has 0 heterocycles. The van der Waals surface area contributed by atoms with E-state index in [0.717, 1.165) is 12.1 Å². The van der Waals surface area contributed by atoms with Crippen molar-refractivity contribution >= 4 is 17.3 Å². The third-order valence-corrected chi connectivity index (χ3v) is 1.85. The van der Waals surface area contributed by atoms with Gasteiger partial charge in [0.1, 0.15) is 0 Å². The molecular formula is C8H6N2O6. The summed E-state index contributed by atoms with van der Waals surface area (Å²) in [6.45, 7) is 1.41. The lowest BCUT2D eigenvalue weighted by atomic mass is 10.1. The zero-order chi connectivity index (χ0) is 12.5. The maximum atomic E-state index is 10.8. The van der Waals surface area contributed by atoms with Crippen molar-refractivity contribution < 1.29 is 19.7 Å². The Balaban J connectivity index is 3.67. The van der Waals surface area contributed by atoms with E-state index in [4.69, 9.17) is 5.11 Å². The Kier molecular flexibility index (Phi) is 2.84. The second kappa shape index (κ2) is 3.93. The van der Waals surface area contributed by atoms with Crippen LogP contribution in [0.3, 0.4) is 0 Å². The highest BCUT2D eigenvalue weighted by Gasteiger charge is 2.31. The number of carboxylic acid groups (broad SMARTS) is 1. The van der Waals surface area contributed by atoms with E-state index in [1.807, 2.05) is 0 Å². The van der Waals surface area contributed by atoms with E-state index in [9.17, 15) is 25.0 Å². The molecule has 0 saturated heterocycles. The Hall–Kier alpha value is -2.51. The van der Waals surface area contributed by atoms with Gasteiger partial charge in [-0.15, -0.1) is 0 Å². The van der Waals surface area contributed by atoms with Crippen molar-refractivity contribution in [2.45, 2.75) is 6.92 Å². The van der Waals surface area contributed by atoms with Gasteiger partial charge in [0.15, 0.2) is 0 Å². The number of benzene rings is 1. The predicted octanol–water partition coefficient (Wildman–Crippen LogP) is 1.51. The molecule has 8 heteroatoms. The van der Waals surface area contributed by atoms with Crippen LogP contribution < -0.4 is 0 Å². The van der Waals surface area contributed by atoms with Gasteiger partial charge in [0.2, 0.25) is 5.56 Å². The first-order valence-corrected chi connectivity index (χ1v) is 4.01. The molecule has 0 bridgehead atoms. The van der Waals surface area contributed by atoms with E-state index in [1.54, 1.807) is 0 Å². The van der Waals surface area contributed by atoms with Crippen LogP contribution in [0.4, 0.5) is 11.4 Å². The lowest BCUT2D eigenvalue weighted by Crippen LogP contribution is -2.07. The highest BCUT2D eigenvalue weighted by Crippen LogP contribution is 2.29. The molecule has 1 aromatic rings. The molecule has 1 rings (SSSR count).